The number of hydrogen-bond acceptors (Lipinski definition) is 2. The minimum Gasteiger partial charge on any atom is -0.325 e. The van der Waals surface area contributed by atoms with Crippen LogP contribution in [-0.4, -0.2) is 4.98 Å². The molecule has 2 unspecified atom stereocenters. The van der Waals surface area contributed by atoms with Crippen molar-refractivity contribution in [2.24, 2.45) is 5.92 Å². The van der Waals surface area contributed by atoms with Crippen molar-refractivity contribution in [1.82, 2.24) is 4.98 Å². The Labute approximate surface area is 94.1 Å². The van der Waals surface area contributed by atoms with Crippen LogP contribution in [0.3, 0.4) is 0 Å². The van der Waals surface area contributed by atoms with Crippen molar-refractivity contribution in [3.05, 3.63) is 33.2 Å². The van der Waals surface area contributed by atoms with E-state index in [4.69, 9.17) is 5.26 Å². The number of nitrogens with one attached hydrogen (secondary N) is 1. The van der Waals surface area contributed by atoms with Crippen LogP contribution in [0.4, 0.5) is 0 Å². The summed E-state index contributed by atoms with van der Waals surface area (Å²) in [4.78, 5) is 14.4. The smallest absolute Gasteiger partial charge is 0.266 e. The molecule has 0 saturated heterocycles. The van der Waals surface area contributed by atoms with Crippen LogP contribution in [0.5, 0.6) is 0 Å². The second-order valence-electron chi connectivity index (χ2n) is 4.91. The Morgan fingerprint density at radius 2 is 2.19 bits per heavy atom. The normalized spacial score (nSPS) is 26.9. The average molecular weight is 214 g/mol. The third-order valence-electron chi connectivity index (χ3n) is 4.05. The zero-order valence-corrected chi connectivity index (χ0v) is 9.12. The lowest BCUT2D eigenvalue weighted by molar-refractivity contribution is 0.330. The second kappa shape index (κ2) is 3.48. The maximum absolute atomic E-state index is 11.5. The molecule has 3 heteroatoms. The average Bonchev–Trinajstić information content (AvgIpc) is 2.65. The van der Waals surface area contributed by atoms with Crippen LogP contribution in [0.25, 0.3) is 0 Å². The molecule has 16 heavy (non-hydrogen) atoms. The molecule has 2 aliphatic rings. The molecule has 3 rings (SSSR count). The number of fused-ring (bicyclic) bond motifs is 3. The molecular weight excluding hydrogens is 200 g/mol. The lowest BCUT2D eigenvalue weighted by atomic mass is 9.80. The number of nitrogens with zero attached hydrogens (tertiary/aromatic N) is 1. The maximum Gasteiger partial charge on any atom is 0.266 e. The van der Waals surface area contributed by atoms with Gasteiger partial charge in [-0.3, -0.25) is 4.79 Å². The van der Waals surface area contributed by atoms with Gasteiger partial charge in [-0.2, -0.15) is 5.26 Å². The SMILES string of the molecule is N#Cc1cc2c([nH]c1=O)CC1CCCCC21. The van der Waals surface area contributed by atoms with Gasteiger partial charge in [-0.05, 0) is 42.7 Å². The van der Waals surface area contributed by atoms with E-state index in [0.29, 0.717) is 11.8 Å². The molecule has 3 nitrogen and oxygen atoms in total. The van der Waals surface area contributed by atoms with E-state index in [-0.39, 0.29) is 11.1 Å². The minimum atomic E-state index is -0.222. The van der Waals surface area contributed by atoms with Gasteiger partial charge < -0.3 is 4.98 Å². The quantitative estimate of drug-likeness (QED) is 0.718. The second-order valence-corrected chi connectivity index (χ2v) is 4.91. The molecule has 1 fully saturated rings. The van der Waals surface area contributed by atoms with Crippen LogP contribution in [-0.2, 0) is 6.42 Å². The van der Waals surface area contributed by atoms with Crippen LogP contribution in [0, 0.1) is 17.2 Å². The lowest BCUT2D eigenvalue weighted by Crippen LogP contribution is -2.14. The zero-order valence-electron chi connectivity index (χ0n) is 9.12. The molecule has 0 amide bonds. The van der Waals surface area contributed by atoms with E-state index in [9.17, 15) is 4.79 Å². The van der Waals surface area contributed by atoms with E-state index < -0.39 is 0 Å². The highest BCUT2D eigenvalue weighted by atomic mass is 16.1. The van der Waals surface area contributed by atoms with Crippen molar-refractivity contribution < 1.29 is 0 Å². The van der Waals surface area contributed by atoms with Crippen LogP contribution in [0.15, 0.2) is 10.9 Å². The van der Waals surface area contributed by atoms with Gasteiger partial charge in [0, 0.05) is 5.69 Å². The Balaban J connectivity index is 2.10. The van der Waals surface area contributed by atoms with E-state index in [2.05, 4.69) is 4.98 Å². The molecule has 1 N–H and O–H groups in total. The first-order chi connectivity index (χ1) is 7.79. The van der Waals surface area contributed by atoms with Gasteiger partial charge in [0.1, 0.15) is 11.6 Å². The van der Waals surface area contributed by atoms with Gasteiger partial charge in [-0.1, -0.05) is 12.8 Å². The van der Waals surface area contributed by atoms with Crippen molar-refractivity contribution in [3.63, 3.8) is 0 Å². The molecule has 1 heterocycles. The maximum atomic E-state index is 11.5. The molecule has 82 valence electrons. The highest BCUT2D eigenvalue weighted by Gasteiger charge is 2.35. The van der Waals surface area contributed by atoms with Gasteiger partial charge in [0.05, 0.1) is 0 Å². The van der Waals surface area contributed by atoms with E-state index in [1.165, 1.54) is 31.2 Å². The number of hydrogen-bond donors (Lipinski definition) is 1. The van der Waals surface area contributed by atoms with E-state index in [0.717, 1.165) is 12.1 Å². The fourth-order valence-corrected chi connectivity index (χ4v) is 3.29. The topological polar surface area (TPSA) is 56.6 Å². The molecule has 0 aliphatic heterocycles. The number of pyridine rings is 1. The zero-order chi connectivity index (χ0) is 11.1. The van der Waals surface area contributed by atoms with Gasteiger partial charge in [-0.15, -0.1) is 0 Å². The monoisotopic (exact) mass is 214 g/mol. The van der Waals surface area contributed by atoms with Gasteiger partial charge in [0.2, 0.25) is 0 Å². The first kappa shape index (κ1) is 9.65. The molecule has 1 aromatic heterocycles. The molecule has 1 aromatic rings. The molecular formula is C13H14N2O. The Morgan fingerprint density at radius 1 is 1.38 bits per heavy atom. The number of aromatic amines is 1. The largest absolute Gasteiger partial charge is 0.325 e. The van der Waals surface area contributed by atoms with Crippen LogP contribution < -0.4 is 5.56 Å². The van der Waals surface area contributed by atoms with E-state index >= 15 is 0 Å². The minimum absolute atomic E-state index is 0.222. The Hall–Kier alpha value is -1.56. The van der Waals surface area contributed by atoms with Gasteiger partial charge in [0.15, 0.2) is 0 Å². The standard InChI is InChI=1S/C13H14N2O/c14-7-9-5-11-10-4-2-1-3-8(10)6-12(11)15-13(9)16/h5,8,10H,1-4,6H2,(H,15,16). The first-order valence-corrected chi connectivity index (χ1v) is 5.96. The summed E-state index contributed by atoms with van der Waals surface area (Å²) in [5.41, 5.74) is 2.37. The Bertz CT molecular complexity index is 524. The molecule has 0 spiro atoms. The van der Waals surface area contributed by atoms with Crippen LogP contribution in [0.1, 0.15) is 48.4 Å². The van der Waals surface area contributed by atoms with Crippen LogP contribution in [0.2, 0.25) is 0 Å². The van der Waals surface area contributed by atoms with E-state index in [1.807, 2.05) is 12.1 Å². The summed E-state index contributed by atoms with van der Waals surface area (Å²) in [6.45, 7) is 0. The number of H-pyrrole nitrogens is 1. The number of nitriles is 1. The predicted octanol–water partition coefficient (Wildman–Crippen LogP) is 2.08. The van der Waals surface area contributed by atoms with Crippen LogP contribution >= 0.6 is 0 Å². The summed E-state index contributed by atoms with van der Waals surface area (Å²) >= 11 is 0. The molecule has 1 saturated carbocycles. The highest BCUT2D eigenvalue weighted by molar-refractivity contribution is 5.39. The fourth-order valence-electron chi connectivity index (χ4n) is 3.29. The van der Waals surface area contributed by atoms with Crippen molar-refractivity contribution in [1.29, 1.82) is 5.26 Å². The predicted molar refractivity (Wildman–Crippen MR) is 60.2 cm³/mol. The lowest BCUT2D eigenvalue weighted by Gasteiger charge is -2.25. The summed E-state index contributed by atoms with van der Waals surface area (Å²) in [5.74, 6) is 1.29. The molecule has 0 aromatic carbocycles. The van der Waals surface area contributed by atoms with Gasteiger partial charge in [0.25, 0.3) is 5.56 Å². The van der Waals surface area contributed by atoms with Crippen molar-refractivity contribution in [2.75, 3.05) is 0 Å². The third-order valence-corrected chi connectivity index (χ3v) is 4.05. The number of rotatable bonds is 0. The van der Waals surface area contributed by atoms with Gasteiger partial charge >= 0.3 is 0 Å². The first-order valence-electron chi connectivity index (χ1n) is 5.96. The molecule has 0 bridgehead atoms. The Kier molecular flexibility index (Phi) is 2.10. The fraction of sp³-hybridized carbons (Fsp3) is 0.538. The van der Waals surface area contributed by atoms with Crippen molar-refractivity contribution in [3.8, 4) is 6.07 Å². The molecule has 2 aliphatic carbocycles. The van der Waals surface area contributed by atoms with Gasteiger partial charge in [-0.25, -0.2) is 0 Å². The molecule has 0 radical (unpaired) electrons. The number of aromatic nitrogens is 1. The van der Waals surface area contributed by atoms with Crippen molar-refractivity contribution in [2.45, 2.75) is 38.0 Å². The summed E-state index contributed by atoms with van der Waals surface area (Å²) < 4.78 is 0. The third kappa shape index (κ3) is 1.30. The highest BCUT2D eigenvalue weighted by Crippen LogP contribution is 2.45. The Morgan fingerprint density at radius 3 is 3.00 bits per heavy atom. The summed E-state index contributed by atoms with van der Waals surface area (Å²) in [5, 5.41) is 8.88. The molecule has 2 atom stereocenters. The summed E-state index contributed by atoms with van der Waals surface area (Å²) in [6, 6.07) is 3.80. The summed E-state index contributed by atoms with van der Waals surface area (Å²) in [7, 11) is 0. The van der Waals surface area contributed by atoms with E-state index in [1.54, 1.807) is 0 Å². The summed E-state index contributed by atoms with van der Waals surface area (Å²) in [6.07, 6.45) is 6.07. The van der Waals surface area contributed by atoms with Crippen molar-refractivity contribution >= 4 is 0 Å².